The molecule has 0 heterocycles. The second-order valence-corrected chi connectivity index (χ2v) is 6.55. The van der Waals surface area contributed by atoms with E-state index in [2.05, 4.69) is 31.2 Å². The van der Waals surface area contributed by atoms with Crippen molar-refractivity contribution in [3.8, 4) is 23.0 Å². The van der Waals surface area contributed by atoms with E-state index in [-0.39, 0.29) is 6.61 Å². The first-order valence-corrected chi connectivity index (χ1v) is 9.34. The van der Waals surface area contributed by atoms with Gasteiger partial charge in [0.05, 0.1) is 39.1 Å². The molecule has 0 bridgehead atoms. The maximum absolute atomic E-state index is 12.4. The third-order valence-electron chi connectivity index (χ3n) is 3.81. The van der Waals surface area contributed by atoms with Gasteiger partial charge in [0.2, 0.25) is 0 Å². The highest BCUT2D eigenvalue weighted by Crippen LogP contribution is 2.36. The van der Waals surface area contributed by atoms with Crippen molar-refractivity contribution in [1.82, 2.24) is 5.43 Å². The Balaban J connectivity index is 2.13. The number of amides is 1. The molecule has 0 saturated carbocycles. The number of esters is 1. The third kappa shape index (κ3) is 6.11. The first-order valence-electron chi connectivity index (χ1n) is 8.55. The van der Waals surface area contributed by atoms with Crippen LogP contribution in [0.4, 0.5) is 0 Å². The molecule has 2 aromatic carbocycles. The van der Waals surface area contributed by atoms with E-state index in [1.54, 1.807) is 30.3 Å². The van der Waals surface area contributed by atoms with Gasteiger partial charge in [0.1, 0.15) is 11.5 Å². The van der Waals surface area contributed by atoms with E-state index >= 15 is 0 Å². The molecule has 2 aromatic rings. The van der Waals surface area contributed by atoms with Crippen LogP contribution in [0, 0.1) is 0 Å². The van der Waals surface area contributed by atoms with Crippen molar-refractivity contribution >= 4 is 34.0 Å². The number of nitrogens with one attached hydrogen (secondary N) is 1. The number of hydrogen-bond donors (Lipinski definition) is 1. The molecule has 0 aliphatic heterocycles. The molecule has 0 fully saturated rings. The van der Waals surface area contributed by atoms with Crippen molar-refractivity contribution in [3.05, 3.63) is 45.9 Å². The van der Waals surface area contributed by atoms with E-state index in [0.717, 1.165) is 0 Å². The van der Waals surface area contributed by atoms with Crippen LogP contribution in [0.15, 0.2) is 39.9 Å². The second kappa shape index (κ2) is 11.1. The molecule has 1 N–H and O–H groups in total. The Hall–Kier alpha value is -3.27. The number of ether oxygens (including phenoxy) is 5. The van der Waals surface area contributed by atoms with Crippen LogP contribution in [0.3, 0.4) is 0 Å². The Bertz CT molecular complexity index is 925. The summed E-state index contributed by atoms with van der Waals surface area (Å²) in [6.45, 7) is -0.265. The van der Waals surface area contributed by atoms with Gasteiger partial charge in [-0.25, -0.2) is 10.2 Å². The molecule has 0 atom stereocenters. The lowest BCUT2D eigenvalue weighted by Crippen LogP contribution is -2.17. The number of methoxy groups -OCH3 is 4. The number of hydrogen-bond acceptors (Lipinski definition) is 8. The highest BCUT2D eigenvalue weighted by atomic mass is 79.9. The van der Waals surface area contributed by atoms with Crippen molar-refractivity contribution in [2.24, 2.45) is 5.10 Å². The van der Waals surface area contributed by atoms with Crippen molar-refractivity contribution in [3.63, 3.8) is 0 Å². The van der Waals surface area contributed by atoms with E-state index in [0.29, 0.717) is 38.6 Å². The SMILES string of the molecule is COC(=O)COc1c(Br)cc(/C=N\NC(=O)c2cc(OC)cc(OC)c2)cc1OC. The zero-order valence-corrected chi connectivity index (χ0v) is 18.4. The Morgan fingerprint density at radius 2 is 1.67 bits per heavy atom. The fourth-order valence-electron chi connectivity index (χ4n) is 2.31. The largest absolute Gasteiger partial charge is 0.497 e. The van der Waals surface area contributed by atoms with Gasteiger partial charge in [-0.1, -0.05) is 0 Å². The van der Waals surface area contributed by atoms with Crippen LogP contribution in [0.5, 0.6) is 23.0 Å². The molecule has 0 unspecified atom stereocenters. The first kappa shape index (κ1) is 23.0. The highest BCUT2D eigenvalue weighted by molar-refractivity contribution is 9.10. The fraction of sp³-hybridized carbons (Fsp3) is 0.250. The summed E-state index contributed by atoms with van der Waals surface area (Å²) in [5.74, 6) is 0.726. The van der Waals surface area contributed by atoms with Gasteiger partial charge < -0.3 is 23.7 Å². The molecule has 10 heteroatoms. The quantitative estimate of drug-likeness (QED) is 0.334. The summed E-state index contributed by atoms with van der Waals surface area (Å²) in [7, 11) is 5.73. The van der Waals surface area contributed by atoms with Crippen molar-refractivity contribution in [2.45, 2.75) is 0 Å². The smallest absolute Gasteiger partial charge is 0.343 e. The molecular formula is C20H21BrN2O7. The number of nitrogens with zero attached hydrogens (tertiary/aromatic N) is 1. The third-order valence-corrected chi connectivity index (χ3v) is 4.40. The fourth-order valence-corrected chi connectivity index (χ4v) is 2.89. The predicted octanol–water partition coefficient (Wildman–Crippen LogP) is 2.79. The molecule has 2 rings (SSSR count). The van der Waals surface area contributed by atoms with Gasteiger partial charge in [-0.3, -0.25) is 4.79 Å². The average molecular weight is 481 g/mol. The molecule has 0 aliphatic carbocycles. The van der Waals surface area contributed by atoms with Crippen LogP contribution in [0.2, 0.25) is 0 Å². The van der Waals surface area contributed by atoms with Crippen molar-refractivity contribution in [1.29, 1.82) is 0 Å². The summed E-state index contributed by atoms with van der Waals surface area (Å²) in [5, 5.41) is 3.97. The molecule has 0 aliphatic rings. The second-order valence-electron chi connectivity index (χ2n) is 5.70. The molecule has 30 heavy (non-hydrogen) atoms. The van der Waals surface area contributed by atoms with E-state index in [9.17, 15) is 9.59 Å². The Morgan fingerprint density at radius 1 is 1.00 bits per heavy atom. The molecule has 1 amide bonds. The van der Waals surface area contributed by atoms with E-state index < -0.39 is 11.9 Å². The summed E-state index contributed by atoms with van der Waals surface area (Å²) < 4.78 is 26.1. The lowest BCUT2D eigenvalue weighted by Gasteiger charge is -2.12. The number of halogens is 1. The van der Waals surface area contributed by atoms with Gasteiger partial charge in [0, 0.05) is 11.6 Å². The van der Waals surface area contributed by atoms with Crippen LogP contribution < -0.4 is 24.4 Å². The molecule has 0 aromatic heterocycles. The zero-order valence-electron chi connectivity index (χ0n) is 16.9. The van der Waals surface area contributed by atoms with E-state index in [1.165, 1.54) is 34.7 Å². The number of benzene rings is 2. The van der Waals surface area contributed by atoms with Crippen LogP contribution in [0.1, 0.15) is 15.9 Å². The van der Waals surface area contributed by atoms with Gasteiger partial charge in [0.15, 0.2) is 18.1 Å². The molecule has 9 nitrogen and oxygen atoms in total. The van der Waals surface area contributed by atoms with Crippen molar-refractivity contribution in [2.75, 3.05) is 35.0 Å². The number of hydrazone groups is 1. The summed E-state index contributed by atoms with van der Waals surface area (Å²) in [6, 6.07) is 8.13. The predicted molar refractivity (Wildman–Crippen MR) is 113 cm³/mol. The summed E-state index contributed by atoms with van der Waals surface area (Å²) >= 11 is 3.37. The normalized spacial score (nSPS) is 10.4. The topological polar surface area (TPSA) is 105 Å². The zero-order chi connectivity index (χ0) is 22.1. The standard InChI is InChI=1S/C20H21BrN2O7/c1-26-14-7-13(8-15(9-14)27-2)20(25)23-22-10-12-5-16(21)19(17(6-12)28-3)30-11-18(24)29-4/h5-10H,11H2,1-4H3,(H,23,25)/b22-10-. The molecule has 0 spiro atoms. The minimum atomic E-state index is -0.522. The minimum Gasteiger partial charge on any atom is -0.497 e. The number of rotatable bonds is 9. The van der Waals surface area contributed by atoms with E-state index in [1.807, 2.05) is 0 Å². The molecule has 160 valence electrons. The Labute approximate surface area is 182 Å². The summed E-state index contributed by atoms with van der Waals surface area (Å²) in [5.41, 5.74) is 3.39. The van der Waals surface area contributed by atoms with Gasteiger partial charge in [-0.05, 0) is 45.8 Å². The van der Waals surface area contributed by atoms with Crippen LogP contribution >= 0.6 is 15.9 Å². The molecular weight excluding hydrogens is 460 g/mol. The van der Waals surface area contributed by atoms with Gasteiger partial charge in [0.25, 0.3) is 5.91 Å². The minimum absolute atomic E-state index is 0.265. The van der Waals surface area contributed by atoms with Gasteiger partial charge >= 0.3 is 5.97 Å². The van der Waals surface area contributed by atoms with Gasteiger partial charge in [-0.15, -0.1) is 0 Å². The Kier molecular flexibility index (Phi) is 8.48. The molecule has 0 saturated heterocycles. The number of carbonyl (C=O) groups is 2. The summed E-state index contributed by atoms with van der Waals surface area (Å²) in [6.07, 6.45) is 1.44. The monoisotopic (exact) mass is 480 g/mol. The lowest BCUT2D eigenvalue weighted by atomic mass is 10.2. The van der Waals surface area contributed by atoms with Gasteiger partial charge in [-0.2, -0.15) is 5.10 Å². The highest BCUT2D eigenvalue weighted by Gasteiger charge is 2.14. The maximum atomic E-state index is 12.4. The summed E-state index contributed by atoms with van der Waals surface area (Å²) in [4.78, 5) is 23.6. The Morgan fingerprint density at radius 3 is 2.23 bits per heavy atom. The maximum Gasteiger partial charge on any atom is 0.343 e. The van der Waals surface area contributed by atoms with Crippen molar-refractivity contribution < 1.29 is 33.3 Å². The van der Waals surface area contributed by atoms with E-state index in [4.69, 9.17) is 18.9 Å². The van der Waals surface area contributed by atoms with Crippen LogP contribution in [0.25, 0.3) is 0 Å². The first-order chi connectivity index (χ1) is 14.4. The number of carbonyl (C=O) groups excluding carboxylic acids is 2. The lowest BCUT2D eigenvalue weighted by molar-refractivity contribution is -0.142. The van der Waals surface area contributed by atoms with Crippen LogP contribution in [-0.4, -0.2) is 53.1 Å². The average Bonchev–Trinajstić information content (AvgIpc) is 2.77. The molecule has 0 radical (unpaired) electrons. The van der Waals surface area contributed by atoms with Crippen LogP contribution in [-0.2, 0) is 9.53 Å².